The Hall–Kier alpha value is -0.760. The van der Waals surface area contributed by atoms with Crippen molar-refractivity contribution in [3.63, 3.8) is 0 Å². The van der Waals surface area contributed by atoms with Crippen molar-refractivity contribution in [3.05, 3.63) is 22.8 Å². The Morgan fingerprint density at radius 1 is 1.42 bits per heavy atom. The van der Waals surface area contributed by atoms with E-state index in [1.807, 2.05) is 26.8 Å². The van der Waals surface area contributed by atoms with Crippen LogP contribution in [-0.2, 0) is 0 Å². The summed E-state index contributed by atoms with van der Waals surface area (Å²) < 4.78 is 5.38. The Kier molecular flexibility index (Phi) is 2.93. The van der Waals surface area contributed by atoms with Crippen LogP contribution < -0.4 is 4.74 Å². The van der Waals surface area contributed by atoms with Gasteiger partial charge in [0.15, 0.2) is 0 Å². The van der Waals surface area contributed by atoms with Crippen LogP contribution >= 0.6 is 11.6 Å². The van der Waals surface area contributed by atoms with Crippen molar-refractivity contribution in [1.82, 2.24) is 4.98 Å². The van der Waals surface area contributed by atoms with Gasteiger partial charge in [0.1, 0.15) is 5.15 Å². The van der Waals surface area contributed by atoms with Gasteiger partial charge in [-0.15, -0.1) is 0 Å². The van der Waals surface area contributed by atoms with E-state index in [9.17, 15) is 0 Å². The Balaban J connectivity index is 2.85. The fourth-order valence-corrected chi connectivity index (χ4v) is 1.15. The lowest BCUT2D eigenvalue weighted by Crippen LogP contribution is -2.06. The third kappa shape index (κ3) is 2.70. The van der Waals surface area contributed by atoms with Gasteiger partial charge in [0.2, 0.25) is 5.88 Å². The van der Waals surface area contributed by atoms with E-state index in [1.165, 1.54) is 0 Å². The first-order valence-electron chi connectivity index (χ1n) is 3.89. The number of pyridine rings is 1. The van der Waals surface area contributed by atoms with Crippen LogP contribution in [0.25, 0.3) is 0 Å². The van der Waals surface area contributed by atoms with Crippen LogP contribution in [0.5, 0.6) is 5.88 Å². The summed E-state index contributed by atoms with van der Waals surface area (Å²) in [4.78, 5) is 4.02. The van der Waals surface area contributed by atoms with Gasteiger partial charge in [-0.05, 0) is 32.4 Å². The molecule has 1 aromatic rings. The number of nitrogens with zero attached hydrogens (tertiary/aromatic N) is 1. The van der Waals surface area contributed by atoms with Crippen LogP contribution in [0.4, 0.5) is 0 Å². The zero-order valence-electron chi connectivity index (χ0n) is 7.47. The molecule has 0 saturated carbocycles. The van der Waals surface area contributed by atoms with E-state index in [0.29, 0.717) is 11.0 Å². The zero-order chi connectivity index (χ0) is 9.14. The van der Waals surface area contributed by atoms with Gasteiger partial charge in [0.25, 0.3) is 0 Å². The Bertz CT molecular complexity index is 253. The van der Waals surface area contributed by atoms with Crippen LogP contribution in [0.3, 0.4) is 0 Å². The number of rotatable bonds is 2. The fourth-order valence-electron chi connectivity index (χ4n) is 0.896. The first kappa shape index (κ1) is 9.33. The quantitative estimate of drug-likeness (QED) is 0.661. The number of aromatic nitrogens is 1. The van der Waals surface area contributed by atoms with Gasteiger partial charge in [-0.2, -0.15) is 0 Å². The normalized spacial score (nSPS) is 10.4. The molecular formula is C9H12ClNO. The van der Waals surface area contributed by atoms with Crippen molar-refractivity contribution in [2.45, 2.75) is 26.9 Å². The molecule has 0 atom stereocenters. The highest BCUT2D eigenvalue weighted by molar-refractivity contribution is 6.29. The molecule has 2 nitrogen and oxygen atoms in total. The predicted octanol–water partition coefficient (Wildman–Crippen LogP) is 2.83. The molecule has 3 heteroatoms. The molecule has 0 saturated heterocycles. The molecule has 0 aliphatic heterocycles. The molecule has 1 heterocycles. The first-order valence-corrected chi connectivity index (χ1v) is 4.26. The topological polar surface area (TPSA) is 22.1 Å². The van der Waals surface area contributed by atoms with Crippen molar-refractivity contribution in [3.8, 4) is 5.88 Å². The van der Waals surface area contributed by atoms with Gasteiger partial charge in [-0.1, -0.05) is 11.6 Å². The largest absolute Gasteiger partial charge is 0.475 e. The van der Waals surface area contributed by atoms with E-state index >= 15 is 0 Å². The second-order valence-electron chi connectivity index (χ2n) is 2.97. The molecule has 1 aromatic heterocycles. The van der Waals surface area contributed by atoms with Crippen LogP contribution in [0.15, 0.2) is 12.1 Å². The molecule has 0 fully saturated rings. The minimum absolute atomic E-state index is 0.135. The Morgan fingerprint density at radius 2 is 2.08 bits per heavy atom. The SMILES string of the molecule is Cc1cc(Cl)nc(OC(C)C)c1. The highest BCUT2D eigenvalue weighted by atomic mass is 35.5. The molecule has 0 aromatic carbocycles. The Morgan fingerprint density at radius 3 is 2.58 bits per heavy atom. The molecule has 12 heavy (non-hydrogen) atoms. The number of halogens is 1. The monoisotopic (exact) mass is 185 g/mol. The van der Waals surface area contributed by atoms with E-state index in [1.54, 1.807) is 6.07 Å². The van der Waals surface area contributed by atoms with E-state index in [0.717, 1.165) is 5.56 Å². The number of aryl methyl sites for hydroxylation is 1. The smallest absolute Gasteiger partial charge is 0.215 e. The van der Waals surface area contributed by atoms with Crippen molar-refractivity contribution < 1.29 is 4.74 Å². The highest BCUT2D eigenvalue weighted by Gasteiger charge is 2.01. The maximum atomic E-state index is 5.74. The molecular weight excluding hydrogens is 174 g/mol. The maximum Gasteiger partial charge on any atom is 0.215 e. The van der Waals surface area contributed by atoms with Crippen molar-refractivity contribution in [1.29, 1.82) is 0 Å². The number of ether oxygens (including phenoxy) is 1. The van der Waals surface area contributed by atoms with Gasteiger partial charge in [0.05, 0.1) is 6.10 Å². The lowest BCUT2D eigenvalue weighted by molar-refractivity contribution is 0.232. The summed E-state index contributed by atoms with van der Waals surface area (Å²) in [5.41, 5.74) is 1.06. The summed E-state index contributed by atoms with van der Waals surface area (Å²) in [6, 6.07) is 3.67. The third-order valence-electron chi connectivity index (χ3n) is 1.27. The van der Waals surface area contributed by atoms with Gasteiger partial charge in [-0.3, -0.25) is 0 Å². The van der Waals surface area contributed by atoms with E-state index in [-0.39, 0.29) is 6.10 Å². The summed E-state index contributed by atoms with van der Waals surface area (Å²) in [6.45, 7) is 5.87. The lowest BCUT2D eigenvalue weighted by Gasteiger charge is -2.08. The molecule has 0 unspecified atom stereocenters. The third-order valence-corrected chi connectivity index (χ3v) is 1.46. The zero-order valence-corrected chi connectivity index (χ0v) is 8.22. The lowest BCUT2D eigenvalue weighted by atomic mass is 10.3. The minimum atomic E-state index is 0.135. The maximum absolute atomic E-state index is 5.74. The van der Waals surface area contributed by atoms with Gasteiger partial charge in [-0.25, -0.2) is 4.98 Å². The standard InChI is InChI=1S/C9H12ClNO/c1-6(2)12-9-5-7(3)4-8(10)11-9/h4-6H,1-3H3. The van der Waals surface area contributed by atoms with Crippen LogP contribution in [0.1, 0.15) is 19.4 Å². The summed E-state index contributed by atoms with van der Waals surface area (Å²) in [5, 5.41) is 0.477. The van der Waals surface area contributed by atoms with Gasteiger partial charge >= 0.3 is 0 Å². The second kappa shape index (κ2) is 3.76. The highest BCUT2D eigenvalue weighted by Crippen LogP contribution is 2.16. The van der Waals surface area contributed by atoms with E-state index < -0.39 is 0 Å². The van der Waals surface area contributed by atoms with Crippen molar-refractivity contribution in [2.75, 3.05) is 0 Å². The molecule has 0 radical (unpaired) electrons. The fraction of sp³-hybridized carbons (Fsp3) is 0.444. The van der Waals surface area contributed by atoms with Crippen molar-refractivity contribution in [2.24, 2.45) is 0 Å². The molecule has 0 aliphatic rings. The van der Waals surface area contributed by atoms with Crippen LogP contribution in [-0.4, -0.2) is 11.1 Å². The molecule has 0 N–H and O–H groups in total. The molecule has 1 rings (SSSR count). The van der Waals surface area contributed by atoms with E-state index in [2.05, 4.69) is 4.98 Å². The van der Waals surface area contributed by atoms with E-state index in [4.69, 9.17) is 16.3 Å². The summed E-state index contributed by atoms with van der Waals surface area (Å²) in [5.74, 6) is 0.593. The molecule has 0 amide bonds. The van der Waals surface area contributed by atoms with Gasteiger partial charge in [0, 0.05) is 6.07 Å². The number of hydrogen-bond donors (Lipinski definition) is 0. The molecule has 0 bridgehead atoms. The molecule has 66 valence electrons. The average molecular weight is 186 g/mol. The average Bonchev–Trinajstić information content (AvgIpc) is 1.81. The minimum Gasteiger partial charge on any atom is -0.475 e. The summed E-state index contributed by atoms with van der Waals surface area (Å²) in [6.07, 6.45) is 0.135. The van der Waals surface area contributed by atoms with Crippen LogP contribution in [0, 0.1) is 6.92 Å². The van der Waals surface area contributed by atoms with Crippen molar-refractivity contribution >= 4 is 11.6 Å². The predicted molar refractivity (Wildman–Crippen MR) is 49.7 cm³/mol. The molecule has 0 spiro atoms. The second-order valence-corrected chi connectivity index (χ2v) is 3.36. The van der Waals surface area contributed by atoms with Gasteiger partial charge < -0.3 is 4.74 Å². The molecule has 0 aliphatic carbocycles. The number of hydrogen-bond acceptors (Lipinski definition) is 2. The summed E-state index contributed by atoms with van der Waals surface area (Å²) in [7, 11) is 0. The van der Waals surface area contributed by atoms with Crippen LogP contribution in [0.2, 0.25) is 5.15 Å². The summed E-state index contributed by atoms with van der Waals surface area (Å²) >= 11 is 5.74. The Labute approximate surface area is 77.5 Å². The first-order chi connectivity index (χ1) is 5.58.